The monoisotopic (exact) mass is 322 g/mol. The summed E-state index contributed by atoms with van der Waals surface area (Å²) in [4.78, 5) is 15.7. The summed E-state index contributed by atoms with van der Waals surface area (Å²) in [6.45, 7) is 1.16. The molecule has 0 aliphatic rings. The zero-order valence-electron chi connectivity index (χ0n) is 13.1. The van der Waals surface area contributed by atoms with E-state index < -0.39 is 0 Å². The summed E-state index contributed by atoms with van der Waals surface area (Å²) in [5.74, 6) is 0.538. The highest BCUT2D eigenvalue weighted by Gasteiger charge is 2.03. The second-order valence-electron chi connectivity index (χ2n) is 5.29. The Kier molecular flexibility index (Phi) is 5.19. The molecule has 24 heavy (non-hydrogen) atoms. The molecule has 0 aliphatic carbocycles. The smallest absolute Gasteiger partial charge is 0.258 e. The Hall–Kier alpha value is -3.15. The Balaban J connectivity index is 1.43. The molecule has 1 aromatic heterocycles. The molecule has 0 bridgehead atoms. The van der Waals surface area contributed by atoms with Crippen LogP contribution in [0.2, 0.25) is 0 Å². The van der Waals surface area contributed by atoms with Gasteiger partial charge in [0.25, 0.3) is 5.91 Å². The fourth-order valence-corrected chi connectivity index (χ4v) is 2.18. The Morgan fingerprint density at radius 1 is 1.04 bits per heavy atom. The van der Waals surface area contributed by atoms with Gasteiger partial charge in [-0.15, -0.1) is 0 Å². The van der Waals surface area contributed by atoms with E-state index in [1.165, 1.54) is 6.33 Å². The lowest BCUT2D eigenvalue weighted by molar-refractivity contribution is -0.123. The summed E-state index contributed by atoms with van der Waals surface area (Å²) in [5.41, 5.74) is 2.16. The topological polar surface area (TPSA) is 69.0 Å². The molecule has 1 N–H and O–H groups in total. The number of hydrogen-bond donors (Lipinski definition) is 1. The third-order valence-corrected chi connectivity index (χ3v) is 3.44. The van der Waals surface area contributed by atoms with Crippen LogP contribution in [0.5, 0.6) is 5.75 Å². The van der Waals surface area contributed by atoms with Crippen molar-refractivity contribution in [1.29, 1.82) is 0 Å². The van der Waals surface area contributed by atoms with Crippen molar-refractivity contribution in [3.05, 3.63) is 78.4 Å². The van der Waals surface area contributed by atoms with Crippen LogP contribution in [0.3, 0.4) is 0 Å². The molecule has 0 spiro atoms. The van der Waals surface area contributed by atoms with E-state index in [2.05, 4.69) is 15.4 Å². The van der Waals surface area contributed by atoms with Gasteiger partial charge in [0.2, 0.25) is 0 Å². The first-order chi connectivity index (χ1) is 11.8. The number of para-hydroxylation sites is 1. The highest BCUT2D eigenvalue weighted by Crippen LogP contribution is 2.08. The molecule has 0 radical (unpaired) electrons. The third-order valence-electron chi connectivity index (χ3n) is 3.44. The van der Waals surface area contributed by atoms with Gasteiger partial charge in [0.1, 0.15) is 18.4 Å². The third kappa shape index (κ3) is 4.67. The van der Waals surface area contributed by atoms with Crippen LogP contribution in [0.1, 0.15) is 11.1 Å². The number of nitrogens with one attached hydrogen (secondary N) is 1. The van der Waals surface area contributed by atoms with Crippen molar-refractivity contribution in [2.75, 3.05) is 6.61 Å². The molecular formula is C18H18N4O2. The minimum absolute atomic E-state index is 0.00833. The lowest BCUT2D eigenvalue weighted by atomic mass is 10.1. The molecule has 3 rings (SSSR count). The first-order valence-electron chi connectivity index (χ1n) is 7.64. The summed E-state index contributed by atoms with van der Waals surface area (Å²) in [6.07, 6.45) is 3.20. The lowest BCUT2D eigenvalue weighted by Crippen LogP contribution is -2.28. The normalized spacial score (nSPS) is 10.3. The van der Waals surface area contributed by atoms with Crippen molar-refractivity contribution in [2.45, 2.75) is 13.1 Å². The number of amides is 1. The molecule has 0 saturated carbocycles. The van der Waals surface area contributed by atoms with Gasteiger partial charge in [-0.25, -0.2) is 9.67 Å². The quantitative estimate of drug-likeness (QED) is 0.722. The molecule has 2 aromatic carbocycles. The average molecular weight is 322 g/mol. The number of ether oxygens (including phenoxy) is 1. The zero-order valence-corrected chi connectivity index (χ0v) is 13.1. The largest absolute Gasteiger partial charge is 0.484 e. The minimum atomic E-state index is -0.148. The maximum atomic E-state index is 11.8. The van der Waals surface area contributed by atoms with Crippen LogP contribution in [0.15, 0.2) is 67.3 Å². The van der Waals surface area contributed by atoms with Gasteiger partial charge >= 0.3 is 0 Å². The van der Waals surface area contributed by atoms with E-state index in [9.17, 15) is 4.79 Å². The Labute approximate surface area is 140 Å². The van der Waals surface area contributed by atoms with Gasteiger partial charge in [0.05, 0.1) is 6.54 Å². The van der Waals surface area contributed by atoms with Gasteiger partial charge in [-0.1, -0.05) is 42.5 Å². The predicted molar refractivity (Wildman–Crippen MR) is 89.3 cm³/mol. The molecule has 0 saturated heterocycles. The summed E-state index contributed by atoms with van der Waals surface area (Å²) < 4.78 is 7.17. The van der Waals surface area contributed by atoms with Crippen LogP contribution < -0.4 is 10.1 Å². The summed E-state index contributed by atoms with van der Waals surface area (Å²) in [7, 11) is 0. The molecule has 6 nitrogen and oxygen atoms in total. The van der Waals surface area contributed by atoms with Gasteiger partial charge in [-0.3, -0.25) is 4.79 Å². The average Bonchev–Trinajstić information content (AvgIpc) is 3.13. The predicted octanol–water partition coefficient (Wildman–Crippen LogP) is 2.02. The van der Waals surface area contributed by atoms with Crippen LogP contribution in [0.25, 0.3) is 0 Å². The van der Waals surface area contributed by atoms with Gasteiger partial charge < -0.3 is 10.1 Å². The van der Waals surface area contributed by atoms with Crippen LogP contribution in [-0.4, -0.2) is 27.3 Å². The van der Waals surface area contributed by atoms with E-state index in [4.69, 9.17) is 4.74 Å². The first kappa shape index (κ1) is 15.7. The van der Waals surface area contributed by atoms with E-state index >= 15 is 0 Å². The lowest BCUT2D eigenvalue weighted by Gasteiger charge is -2.08. The maximum Gasteiger partial charge on any atom is 0.258 e. The van der Waals surface area contributed by atoms with E-state index in [1.54, 1.807) is 11.0 Å². The molecular weight excluding hydrogens is 304 g/mol. The molecule has 0 atom stereocenters. The summed E-state index contributed by atoms with van der Waals surface area (Å²) in [6, 6.07) is 17.3. The molecule has 0 aliphatic heterocycles. The van der Waals surface area contributed by atoms with Crippen molar-refractivity contribution in [3.63, 3.8) is 0 Å². The van der Waals surface area contributed by atoms with Crippen molar-refractivity contribution < 1.29 is 9.53 Å². The van der Waals surface area contributed by atoms with Crippen LogP contribution in [0.4, 0.5) is 0 Å². The number of rotatable bonds is 7. The number of hydrogen-bond acceptors (Lipinski definition) is 4. The van der Waals surface area contributed by atoms with Crippen molar-refractivity contribution in [2.24, 2.45) is 0 Å². The summed E-state index contributed by atoms with van der Waals surface area (Å²) in [5, 5.41) is 6.92. The SMILES string of the molecule is O=C(COc1ccccc1)NCc1ccc(Cn2cncn2)cc1. The van der Waals surface area contributed by atoms with Crippen LogP contribution >= 0.6 is 0 Å². The first-order valence-corrected chi connectivity index (χ1v) is 7.64. The van der Waals surface area contributed by atoms with Crippen LogP contribution in [-0.2, 0) is 17.9 Å². The Morgan fingerprint density at radius 2 is 1.79 bits per heavy atom. The minimum Gasteiger partial charge on any atom is -0.484 e. The van der Waals surface area contributed by atoms with Gasteiger partial charge in [0, 0.05) is 6.54 Å². The Bertz CT molecular complexity index is 755. The van der Waals surface area contributed by atoms with Crippen molar-refractivity contribution >= 4 is 5.91 Å². The number of aromatic nitrogens is 3. The highest BCUT2D eigenvalue weighted by molar-refractivity contribution is 5.77. The van der Waals surface area contributed by atoms with E-state index in [0.717, 1.165) is 11.1 Å². The fourth-order valence-electron chi connectivity index (χ4n) is 2.18. The van der Waals surface area contributed by atoms with Gasteiger partial charge in [-0.2, -0.15) is 5.10 Å². The van der Waals surface area contributed by atoms with E-state index in [1.807, 2.05) is 54.6 Å². The second-order valence-corrected chi connectivity index (χ2v) is 5.29. The molecule has 0 unspecified atom stereocenters. The standard InChI is InChI=1S/C18H18N4O2/c23-18(12-24-17-4-2-1-3-5-17)20-10-15-6-8-16(9-7-15)11-22-14-19-13-21-22/h1-9,13-14H,10-12H2,(H,20,23). The van der Waals surface area contributed by atoms with E-state index in [-0.39, 0.29) is 12.5 Å². The van der Waals surface area contributed by atoms with Crippen molar-refractivity contribution in [1.82, 2.24) is 20.1 Å². The molecule has 3 aromatic rings. The van der Waals surface area contributed by atoms with E-state index in [0.29, 0.717) is 18.8 Å². The maximum absolute atomic E-state index is 11.8. The molecule has 1 heterocycles. The second kappa shape index (κ2) is 7.92. The molecule has 6 heteroatoms. The molecule has 122 valence electrons. The highest BCUT2D eigenvalue weighted by atomic mass is 16.5. The zero-order chi connectivity index (χ0) is 16.6. The van der Waals surface area contributed by atoms with Crippen LogP contribution in [0, 0.1) is 0 Å². The summed E-state index contributed by atoms with van der Waals surface area (Å²) >= 11 is 0. The molecule has 0 fully saturated rings. The van der Waals surface area contributed by atoms with Crippen molar-refractivity contribution in [3.8, 4) is 5.75 Å². The number of carbonyl (C=O) groups is 1. The number of benzene rings is 2. The Morgan fingerprint density at radius 3 is 2.50 bits per heavy atom. The number of nitrogens with zero attached hydrogens (tertiary/aromatic N) is 3. The van der Waals surface area contributed by atoms with Gasteiger partial charge in [0.15, 0.2) is 6.61 Å². The van der Waals surface area contributed by atoms with Gasteiger partial charge in [-0.05, 0) is 23.3 Å². The molecule has 1 amide bonds. The number of carbonyl (C=O) groups excluding carboxylic acids is 1. The fraction of sp³-hybridized carbons (Fsp3) is 0.167.